The predicted molar refractivity (Wildman–Crippen MR) is 86.4 cm³/mol. The highest BCUT2D eigenvalue weighted by molar-refractivity contribution is 5.53. The van der Waals surface area contributed by atoms with Crippen LogP contribution in [0.5, 0.6) is 0 Å². The Labute approximate surface area is 131 Å². The Balaban J connectivity index is 1.74. The minimum absolute atomic E-state index is 0.0479. The van der Waals surface area contributed by atoms with Gasteiger partial charge >= 0.3 is 0 Å². The Kier molecular flexibility index (Phi) is 3.88. The van der Waals surface area contributed by atoms with Crippen LogP contribution in [0.2, 0.25) is 0 Å². The third-order valence-electron chi connectivity index (χ3n) is 3.21. The standard InChI is InChI=1S/C15H14N6O2/c16-14-18-15(17-12-4-2-1-3-5-12)19-20(14)10-11-6-8-13(9-7-11)21(22)23/h1-9H,10H2,(H3,16,17,18,19). The number of nitrogen functional groups attached to an aromatic ring is 1. The molecular formula is C15H14N6O2. The van der Waals surface area contributed by atoms with Crippen molar-refractivity contribution in [1.29, 1.82) is 0 Å². The van der Waals surface area contributed by atoms with Gasteiger partial charge in [-0.3, -0.25) is 10.1 Å². The van der Waals surface area contributed by atoms with Gasteiger partial charge in [-0.2, -0.15) is 4.98 Å². The van der Waals surface area contributed by atoms with E-state index in [1.54, 1.807) is 12.1 Å². The first-order valence-corrected chi connectivity index (χ1v) is 6.87. The molecule has 1 aromatic heterocycles. The minimum atomic E-state index is -0.435. The molecule has 3 rings (SSSR count). The molecule has 2 aromatic carbocycles. The molecular weight excluding hydrogens is 296 g/mol. The second-order valence-corrected chi connectivity index (χ2v) is 4.87. The lowest BCUT2D eigenvalue weighted by Gasteiger charge is -2.03. The van der Waals surface area contributed by atoms with Crippen molar-refractivity contribution in [3.8, 4) is 0 Å². The first kappa shape index (κ1) is 14.5. The number of nitrogens with zero attached hydrogens (tertiary/aromatic N) is 4. The molecule has 0 fully saturated rings. The first-order chi connectivity index (χ1) is 11.1. The lowest BCUT2D eigenvalue weighted by Crippen LogP contribution is -2.06. The van der Waals surface area contributed by atoms with E-state index in [1.807, 2.05) is 30.3 Å². The fourth-order valence-electron chi connectivity index (χ4n) is 2.07. The van der Waals surface area contributed by atoms with Crippen LogP contribution in [0.1, 0.15) is 5.56 Å². The second-order valence-electron chi connectivity index (χ2n) is 4.87. The van der Waals surface area contributed by atoms with Crippen LogP contribution < -0.4 is 11.1 Å². The predicted octanol–water partition coefficient (Wildman–Crippen LogP) is 2.56. The summed E-state index contributed by atoms with van der Waals surface area (Å²) in [6.45, 7) is 0.382. The average Bonchev–Trinajstić information content (AvgIpc) is 2.88. The van der Waals surface area contributed by atoms with E-state index in [-0.39, 0.29) is 11.6 Å². The summed E-state index contributed by atoms with van der Waals surface area (Å²) in [5.41, 5.74) is 7.62. The third kappa shape index (κ3) is 3.43. The van der Waals surface area contributed by atoms with E-state index in [0.717, 1.165) is 11.3 Å². The molecule has 0 spiro atoms. The molecule has 116 valence electrons. The van der Waals surface area contributed by atoms with Crippen LogP contribution in [0.15, 0.2) is 54.6 Å². The number of nitro groups is 1. The summed E-state index contributed by atoms with van der Waals surface area (Å²) in [6, 6.07) is 15.8. The fraction of sp³-hybridized carbons (Fsp3) is 0.0667. The monoisotopic (exact) mass is 310 g/mol. The van der Waals surface area contributed by atoms with Gasteiger partial charge in [0.25, 0.3) is 5.69 Å². The molecule has 0 aliphatic carbocycles. The lowest BCUT2D eigenvalue weighted by molar-refractivity contribution is -0.384. The molecule has 3 N–H and O–H groups in total. The maximum Gasteiger partial charge on any atom is 0.269 e. The lowest BCUT2D eigenvalue weighted by atomic mass is 10.2. The summed E-state index contributed by atoms with van der Waals surface area (Å²) < 4.78 is 1.53. The zero-order chi connectivity index (χ0) is 16.2. The van der Waals surface area contributed by atoms with Crippen LogP contribution in [0.3, 0.4) is 0 Å². The number of anilines is 3. The Hall–Kier alpha value is -3.42. The molecule has 3 aromatic rings. The van der Waals surface area contributed by atoms with Crippen LogP contribution >= 0.6 is 0 Å². The zero-order valence-corrected chi connectivity index (χ0v) is 12.1. The number of hydrogen-bond acceptors (Lipinski definition) is 6. The van der Waals surface area contributed by atoms with Crippen LogP contribution in [-0.2, 0) is 6.54 Å². The van der Waals surface area contributed by atoms with Crippen LogP contribution in [-0.4, -0.2) is 19.7 Å². The number of non-ortho nitro benzene ring substituents is 1. The van der Waals surface area contributed by atoms with E-state index >= 15 is 0 Å². The first-order valence-electron chi connectivity index (χ1n) is 6.87. The molecule has 0 unspecified atom stereocenters. The van der Waals surface area contributed by atoms with Crippen molar-refractivity contribution in [1.82, 2.24) is 14.8 Å². The SMILES string of the molecule is Nc1nc(Nc2ccccc2)nn1Cc1ccc([N+](=O)[O-])cc1. The Morgan fingerprint density at radius 3 is 2.48 bits per heavy atom. The molecule has 1 heterocycles. The number of para-hydroxylation sites is 1. The fourth-order valence-corrected chi connectivity index (χ4v) is 2.07. The van der Waals surface area contributed by atoms with Gasteiger partial charge in [-0.15, -0.1) is 5.10 Å². The van der Waals surface area contributed by atoms with Gasteiger partial charge in [-0.05, 0) is 17.7 Å². The molecule has 0 aliphatic heterocycles. The number of rotatable bonds is 5. The molecule has 0 atom stereocenters. The zero-order valence-electron chi connectivity index (χ0n) is 12.1. The molecule has 0 bridgehead atoms. The largest absolute Gasteiger partial charge is 0.368 e. The van der Waals surface area contributed by atoms with Crippen LogP contribution in [0, 0.1) is 10.1 Å². The minimum Gasteiger partial charge on any atom is -0.368 e. The number of nitrogens with two attached hydrogens (primary N) is 1. The van der Waals surface area contributed by atoms with E-state index in [9.17, 15) is 10.1 Å². The molecule has 23 heavy (non-hydrogen) atoms. The molecule has 0 saturated heterocycles. The van der Waals surface area contributed by atoms with Crippen molar-refractivity contribution in [3.05, 3.63) is 70.3 Å². The van der Waals surface area contributed by atoms with Crippen molar-refractivity contribution in [2.24, 2.45) is 0 Å². The third-order valence-corrected chi connectivity index (χ3v) is 3.21. The van der Waals surface area contributed by atoms with Gasteiger partial charge in [0.15, 0.2) is 0 Å². The van der Waals surface area contributed by atoms with E-state index in [2.05, 4.69) is 15.4 Å². The quantitative estimate of drug-likeness (QED) is 0.553. The number of benzene rings is 2. The summed E-state index contributed by atoms with van der Waals surface area (Å²) in [5, 5.41) is 18.0. The van der Waals surface area contributed by atoms with Crippen LogP contribution in [0.25, 0.3) is 0 Å². The van der Waals surface area contributed by atoms with Crippen molar-refractivity contribution < 1.29 is 4.92 Å². The van der Waals surface area contributed by atoms with Gasteiger partial charge in [-0.1, -0.05) is 30.3 Å². The van der Waals surface area contributed by atoms with Crippen LogP contribution in [0.4, 0.5) is 23.3 Å². The van der Waals surface area contributed by atoms with E-state index in [0.29, 0.717) is 12.5 Å². The van der Waals surface area contributed by atoms with E-state index in [4.69, 9.17) is 5.73 Å². The average molecular weight is 310 g/mol. The summed E-state index contributed by atoms with van der Waals surface area (Å²) in [7, 11) is 0. The highest BCUT2D eigenvalue weighted by atomic mass is 16.6. The van der Waals surface area contributed by atoms with E-state index < -0.39 is 4.92 Å². The summed E-state index contributed by atoms with van der Waals surface area (Å²) in [6.07, 6.45) is 0. The number of hydrogen-bond donors (Lipinski definition) is 2. The molecule has 8 nitrogen and oxygen atoms in total. The van der Waals surface area contributed by atoms with Gasteiger partial charge in [0.1, 0.15) is 0 Å². The highest BCUT2D eigenvalue weighted by Crippen LogP contribution is 2.16. The van der Waals surface area contributed by atoms with Gasteiger partial charge in [0, 0.05) is 17.8 Å². The maximum atomic E-state index is 10.7. The Bertz CT molecular complexity index is 814. The molecule has 8 heteroatoms. The number of aromatic nitrogens is 3. The van der Waals surface area contributed by atoms with Gasteiger partial charge in [0.2, 0.25) is 11.9 Å². The van der Waals surface area contributed by atoms with Gasteiger partial charge < -0.3 is 11.1 Å². The molecule has 0 saturated carbocycles. The maximum absolute atomic E-state index is 10.7. The normalized spacial score (nSPS) is 10.4. The summed E-state index contributed by atoms with van der Waals surface area (Å²) >= 11 is 0. The number of nitrogens with one attached hydrogen (secondary N) is 1. The van der Waals surface area contributed by atoms with Gasteiger partial charge in [0.05, 0.1) is 11.5 Å². The Morgan fingerprint density at radius 1 is 1.13 bits per heavy atom. The van der Waals surface area contributed by atoms with Crippen molar-refractivity contribution >= 4 is 23.3 Å². The Morgan fingerprint density at radius 2 is 1.83 bits per heavy atom. The number of nitro benzene ring substituents is 1. The molecule has 0 aliphatic rings. The molecule has 0 amide bonds. The summed E-state index contributed by atoms with van der Waals surface area (Å²) in [4.78, 5) is 14.4. The van der Waals surface area contributed by atoms with Crippen molar-refractivity contribution in [2.75, 3.05) is 11.1 Å². The summed E-state index contributed by atoms with van der Waals surface area (Å²) in [5.74, 6) is 0.664. The van der Waals surface area contributed by atoms with Crippen molar-refractivity contribution in [2.45, 2.75) is 6.54 Å². The topological polar surface area (TPSA) is 112 Å². The van der Waals surface area contributed by atoms with Crippen molar-refractivity contribution in [3.63, 3.8) is 0 Å². The molecule has 0 radical (unpaired) electrons. The highest BCUT2D eigenvalue weighted by Gasteiger charge is 2.09. The van der Waals surface area contributed by atoms with Gasteiger partial charge in [-0.25, -0.2) is 4.68 Å². The van der Waals surface area contributed by atoms with E-state index in [1.165, 1.54) is 16.8 Å². The second kappa shape index (κ2) is 6.14. The smallest absolute Gasteiger partial charge is 0.269 e.